The second kappa shape index (κ2) is 7.85. The number of benzene rings is 1. The van der Waals surface area contributed by atoms with Gasteiger partial charge in [-0.15, -0.1) is 11.6 Å². The maximum absolute atomic E-state index is 12.1. The summed E-state index contributed by atoms with van der Waals surface area (Å²) in [6.45, 7) is 5.33. The molecule has 1 rings (SSSR count). The minimum atomic E-state index is -3.52. The Morgan fingerprint density at radius 3 is 2.63 bits per heavy atom. The van der Waals surface area contributed by atoms with Crippen LogP contribution in [-0.2, 0) is 20.6 Å². The normalized spacial score (nSPS) is 12.0. The largest absolute Gasteiger partial charge is 0.380 e. The molecule has 1 aromatic carbocycles. The summed E-state index contributed by atoms with van der Waals surface area (Å²) in [5.41, 5.74) is 0.597. The average Bonchev–Trinajstić information content (AvgIpc) is 2.37. The Balaban J connectivity index is 2.56. The summed E-state index contributed by atoms with van der Waals surface area (Å²) in [7, 11) is -3.52. The molecule has 0 aromatic heterocycles. The van der Waals surface area contributed by atoms with Crippen LogP contribution in [0.5, 0.6) is 0 Å². The number of ether oxygens (including phenoxy) is 1. The number of halogens is 1. The number of hydrogen-bond donors (Lipinski definition) is 1. The second-order valence-electron chi connectivity index (χ2n) is 4.61. The molecule has 0 atom stereocenters. The van der Waals surface area contributed by atoms with E-state index in [1.807, 2.05) is 13.8 Å². The highest BCUT2D eigenvalue weighted by molar-refractivity contribution is 7.89. The maximum Gasteiger partial charge on any atom is 0.240 e. The average molecular weight is 306 g/mol. The van der Waals surface area contributed by atoms with E-state index in [1.165, 1.54) is 0 Å². The molecule has 0 radical (unpaired) electrons. The number of hydrogen-bond acceptors (Lipinski definition) is 3. The van der Waals surface area contributed by atoms with Gasteiger partial charge in [0.05, 0.1) is 11.5 Å². The van der Waals surface area contributed by atoms with Crippen LogP contribution >= 0.6 is 11.6 Å². The van der Waals surface area contributed by atoms with E-state index in [9.17, 15) is 8.42 Å². The van der Waals surface area contributed by atoms with Crippen LogP contribution in [0, 0.1) is 5.92 Å². The lowest BCUT2D eigenvalue weighted by Crippen LogP contribution is -2.28. The molecule has 6 heteroatoms. The van der Waals surface area contributed by atoms with Crippen molar-refractivity contribution >= 4 is 21.6 Å². The Labute approximate surface area is 120 Å². The van der Waals surface area contributed by atoms with Gasteiger partial charge in [-0.3, -0.25) is 0 Å². The van der Waals surface area contributed by atoms with Crippen LogP contribution in [0.15, 0.2) is 29.2 Å². The standard InChI is InChI=1S/C13H20ClNO3S/c1-11(2)10-18-8-7-15-19(16,17)13-6-4-3-5-12(13)9-14/h3-6,11,15H,7-10H2,1-2H3. The first kappa shape index (κ1) is 16.4. The number of rotatable bonds is 8. The van der Waals surface area contributed by atoms with Crippen LogP contribution in [0.25, 0.3) is 0 Å². The van der Waals surface area contributed by atoms with Crippen LogP contribution in [0.4, 0.5) is 0 Å². The van der Waals surface area contributed by atoms with Gasteiger partial charge in [0.1, 0.15) is 0 Å². The van der Waals surface area contributed by atoms with Gasteiger partial charge in [0.15, 0.2) is 0 Å². The molecule has 0 aliphatic heterocycles. The third-order valence-corrected chi connectivity index (χ3v) is 4.25. The van der Waals surface area contributed by atoms with E-state index in [0.717, 1.165) is 0 Å². The van der Waals surface area contributed by atoms with E-state index in [-0.39, 0.29) is 17.3 Å². The van der Waals surface area contributed by atoms with Crippen LogP contribution < -0.4 is 4.72 Å². The maximum atomic E-state index is 12.1. The summed E-state index contributed by atoms with van der Waals surface area (Å²) in [5, 5.41) is 0. The van der Waals surface area contributed by atoms with Gasteiger partial charge in [0, 0.05) is 19.0 Å². The number of sulfonamides is 1. The minimum Gasteiger partial charge on any atom is -0.380 e. The van der Waals surface area contributed by atoms with Gasteiger partial charge in [0.25, 0.3) is 0 Å². The molecule has 0 saturated carbocycles. The Morgan fingerprint density at radius 1 is 1.32 bits per heavy atom. The smallest absolute Gasteiger partial charge is 0.240 e. The number of nitrogens with one attached hydrogen (secondary N) is 1. The fourth-order valence-electron chi connectivity index (χ4n) is 1.52. The van der Waals surface area contributed by atoms with Gasteiger partial charge in [-0.25, -0.2) is 13.1 Å². The Kier molecular flexibility index (Phi) is 6.79. The Hall–Kier alpha value is -0.620. The van der Waals surface area contributed by atoms with Gasteiger partial charge < -0.3 is 4.74 Å². The van der Waals surface area contributed by atoms with Crippen molar-refractivity contribution in [3.05, 3.63) is 29.8 Å². The summed E-state index contributed by atoms with van der Waals surface area (Å²) in [6.07, 6.45) is 0. The van der Waals surface area contributed by atoms with Crippen molar-refractivity contribution in [1.82, 2.24) is 4.72 Å². The zero-order valence-electron chi connectivity index (χ0n) is 11.2. The molecule has 0 bridgehead atoms. The minimum absolute atomic E-state index is 0.168. The van der Waals surface area contributed by atoms with E-state index in [4.69, 9.17) is 16.3 Å². The summed E-state index contributed by atoms with van der Waals surface area (Å²) in [6, 6.07) is 6.70. The predicted molar refractivity (Wildman–Crippen MR) is 76.8 cm³/mol. The van der Waals surface area contributed by atoms with Crippen LogP contribution in [0.1, 0.15) is 19.4 Å². The fraction of sp³-hybridized carbons (Fsp3) is 0.538. The topological polar surface area (TPSA) is 55.4 Å². The molecule has 1 aromatic rings. The molecule has 0 aliphatic carbocycles. The van der Waals surface area contributed by atoms with E-state index in [2.05, 4.69) is 4.72 Å². The molecule has 0 spiro atoms. The molecule has 0 aliphatic rings. The lowest BCUT2D eigenvalue weighted by molar-refractivity contribution is 0.114. The molecule has 0 amide bonds. The zero-order chi connectivity index (χ0) is 14.3. The van der Waals surface area contributed by atoms with Gasteiger partial charge in [0.2, 0.25) is 10.0 Å². The van der Waals surface area contributed by atoms with Gasteiger partial charge in [-0.2, -0.15) is 0 Å². The van der Waals surface area contributed by atoms with Crippen molar-refractivity contribution in [1.29, 1.82) is 0 Å². The van der Waals surface area contributed by atoms with Crippen molar-refractivity contribution in [3.8, 4) is 0 Å². The van der Waals surface area contributed by atoms with Crippen LogP contribution in [0.3, 0.4) is 0 Å². The molecular formula is C13H20ClNO3S. The zero-order valence-corrected chi connectivity index (χ0v) is 12.8. The SMILES string of the molecule is CC(C)COCCNS(=O)(=O)c1ccccc1CCl. The third-order valence-electron chi connectivity index (χ3n) is 2.40. The van der Waals surface area contributed by atoms with Crippen molar-refractivity contribution < 1.29 is 13.2 Å². The summed E-state index contributed by atoms with van der Waals surface area (Å²) >= 11 is 5.74. The molecule has 0 fully saturated rings. The lowest BCUT2D eigenvalue weighted by atomic mass is 10.2. The molecule has 0 saturated heterocycles. The van der Waals surface area contributed by atoms with Crippen LogP contribution in [-0.4, -0.2) is 28.2 Å². The number of alkyl halides is 1. The molecule has 0 unspecified atom stereocenters. The molecular weight excluding hydrogens is 286 g/mol. The van der Waals surface area contributed by atoms with Crippen molar-refractivity contribution in [2.24, 2.45) is 5.92 Å². The van der Waals surface area contributed by atoms with Crippen molar-refractivity contribution in [2.45, 2.75) is 24.6 Å². The molecule has 19 heavy (non-hydrogen) atoms. The van der Waals surface area contributed by atoms with E-state index in [1.54, 1.807) is 24.3 Å². The summed E-state index contributed by atoms with van der Waals surface area (Å²) in [4.78, 5) is 0.230. The quantitative estimate of drug-likeness (QED) is 0.592. The highest BCUT2D eigenvalue weighted by atomic mass is 35.5. The van der Waals surface area contributed by atoms with Gasteiger partial charge in [-0.1, -0.05) is 32.0 Å². The second-order valence-corrected chi connectivity index (χ2v) is 6.61. The molecule has 108 valence electrons. The first-order valence-electron chi connectivity index (χ1n) is 6.18. The molecule has 1 N–H and O–H groups in total. The van der Waals surface area contributed by atoms with E-state index in [0.29, 0.717) is 24.7 Å². The first-order valence-corrected chi connectivity index (χ1v) is 8.20. The van der Waals surface area contributed by atoms with E-state index >= 15 is 0 Å². The van der Waals surface area contributed by atoms with Crippen LogP contribution in [0.2, 0.25) is 0 Å². The Morgan fingerprint density at radius 2 is 2.00 bits per heavy atom. The lowest BCUT2D eigenvalue weighted by Gasteiger charge is -2.11. The molecule has 0 heterocycles. The highest BCUT2D eigenvalue weighted by Gasteiger charge is 2.16. The highest BCUT2D eigenvalue weighted by Crippen LogP contribution is 2.16. The van der Waals surface area contributed by atoms with Gasteiger partial charge >= 0.3 is 0 Å². The van der Waals surface area contributed by atoms with Crippen molar-refractivity contribution in [3.63, 3.8) is 0 Å². The first-order chi connectivity index (χ1) is 8.97. The Bertz CT molecular complexity index is 488. The third kappa shape index (κ3) is 5.48. The predicted octanol–water partition coefficient (Wildman–Crippen LogP) is 2.38. The van der Waals surface area contributed by atoms with Crippen molar-refractivity contribution in [2.75, 3.05) is 19.8 Å². The monoisotopic (exact) mass is 305 g/mol. The van der Waals surface area contributed by atoms with Gasteiger partial charge in [-0.05, 0) is 17.5 Å². The molecule has 4 nitrogen and oxygen atoms in total. The van der Waals surface area contributed by atoms with E-state index < -0.39 is 10.0 Å². The fourth-order valence-corrected chi connectivity index (χ4v) is 3.08. The summed E-state index contributed by atoms with van der Waals surface area (Å²) < 4.78 is 32.0. The summed E-state index contributed by atoms with van der Waals surface area (Å²) in [5.74, 6) is 0.606.